The summed E-state index contributed by atoms with van der Waals surface area (Å²) in [7, 11) is 4.33. The van der Waals surface area contributed by atoms with E-state index in [-0.39, 0.29) is 0 Å². The Hall–Kier alpha value is 2.71. The SMILES string of the molecule is CC(=O)CCCC1CCN(C)CC1.CN1CCC(CCCC(=O)O)CC1.II.I[I-]I. The first-order valence-corrected chi connectivity index (χ1v) is 29.7. The quantitative estimate of drug-likeness (QED) is 0.370. The molecule has 2 fully saturated rings. The Balaban J connectivity index is 0. The van der Waals surface area contributed by atoms with Crippen LogP contribution in [0, 0.1) is 11.8 Å². The molecule has 0 saturated carbocycles. The predicted octanol–water partition coefficient (Wildman–Crippen LogP) is 4.22. The van der Waals surface area contributed by atoms with Crippen molar-refractivity contribution in [2.45, 2.75) is 71.1 Å². The van der Waals surface area contributed by atoms with Crippen molar-refractivity contribution in [3.63, 3.8) is 0 Å². The van der Waals surface area contributed by atoms with Gasteiger partial charge in [0, 0.05) is 50.1 Å². The predicted molar refractivity (Wildman–Crippen MR) is 163 cm³/mol. The first-order chi connectivity index (χ1) is 14.8. The normalized spacial score (nSPS) is 18.0. The van der Waals surface area contributed by atoms with Crippen molar-refractivity contribution in [3.05, 3.63) is 0 Å². The number of carbonyl (C=O) groups is 2. The first kappa shape index (κ1) is 35.9. The fraction of sp³-hybridized carbons (Fsp3) is 0.905. The Morgan fingerprint density at radius 3 is 1.45 bits per heavy atom. The third kappa shape index (κ3) is 25.6. The van der Waals surface area contributed by atoms with Crippen LogP contribution in [-0.4, -0.2) is 66.9 Å². The fourth-order valence-corrected chi connectivity index (χ4v) is 3.88. The van der Waals surface area contributed by atoms with E-state index in [4.69, 9.17) is 5.11 Å². The van der Waals surface area contributed by atoms with Gasteiger partial charge in [0.2, 0.25) is 0 Å². The summed E-state index contributed by atoms with van der Waals surface area (Å²) >= 11 is 9.54. The second-order valence-electron chi connectivity index (χ2n) is 8.43. The number of halogens is 5. The van der Waals surface area contributed by atoms with Crippen LogP contribution in [0.15, 0.2) is 0 Å². The molecule has 0 aromatic rings. The molecular weight excluding hydrogens is 963 g/mol. The summed E-state index contributed by atoms with van der Waals surface area (Å²) < 4.78 is 0. The number of aliphatic carboxylic acids is 1. The number of carboxylic acid groups (broad SMARTS) is 1. The van der Waals surface area contributed by atoms with Gasteiger partial charge in [-0.05, 0) is 110 Å². The second-order valence-corrected chi connectivity index (χ2v) is 24.7. The molecule has 0 radical (unpaired) electrons. The van der Waals surface area contributed by atoms with Crippen molar-refractivity contribution in [3.8, 4) is 0 Å². The van der Waals surface area contributed by atoms with Crippen LogP contribution in [0.4, 0.5) is 0 Å². The average Bonchev–Trinajstić information content (AvgIpc) is 2.73. The standard InChI is InChI=1S/C11H21NO.C10H19NO2.I3.I2/c1-10(13)4-3-5-11-6-8-12(2)9-7-11;1-11-7-5-9(6-8-11)3-2-4-10(12)13;1-3-2;1-2/h11H,3-9H2,1-2H3;9H,2-8H2,1H3,(H,12,13);;/q;;-1;. The number of likely N-dealkylation sites (tertiary alicyclic amines) is 2. The monoisotopic (exact) mass is 1000 g/mol. The van der Waals surface area contributed by atoms with E-state index in [9.17, 15) is 9.59 Å². The van der Waals surface area contributed by atoms with Crippen molar-refractivity contribution >= 4 is 86.2 Å². The molecule has 0 bridgehead atoms. The zero-order chi connectivity index (χ0) is 24.1. The zero-order valence-corrected chi connectivity index (χ0v) is 29.9. The molecule has 2 aliphatic rings. The summed E-state index contributed by atoms with van der Waals surface area (Å²) in [5.74, 6) is 1.34. The van der Waals surface area contributed by atoms with Gasteiger partial charge in [-0.2, -0.15) is 0 Å². The average molecular weight is 1000 g/mol. The van der Waals surface area contributed by atoms with Crippen LogP contribution in [0.2, 0.25) is 0 Å². The van der Waals surface area contributed by atoms with Crippen molar-refractivity contribution < 1.29 is 28.0 Å². The number of ketones is 1. The van der Waals surface area contributed by atoms with Crippen molar-refractivity contribution in [1.82, 2.24) is 9.80 Å². The molecule has 1 N–H and O–H groups in total. The molecule has 188 valence electrons. The van der Waals surface area contributed by atoms with Crippen LogP contribution in [0.3, 0.4) is 0 Å². The molecule has 31 heavy (non-hydrogen) atoms. The Bertz CT molecular complexity index is 393. The summed E-state index contributed by atoms with van der Waals surface area (Å²) in [6.45, 7) is 6.53. The number of carbonyl (C=O) groups excluding carboxylic acids is 1. The number of Topliss-reactive ketones (excluding diaryl/α,β-unsaturated/α-hetero) is 1. The molecule has 0 unspecified atom stereocenters. The van der Waals surface area contributed by atoms with E-state index in [0.717, 1.165) is 37.5 Å². The molecule has 0 aromatic heterocycles. The summed E-state index contributed by atoms with van der Waals surface area (Å²) in [6.07, 6.45) is 10.6. The number of rotatable bonds is 8. The number of nitrogens with zero attached hydrogens (tertiary/aromatic N) is 2. The zero-order valence-electron chi connectivity index (χ0n) is 19.1. The molecule has 0 aliphatic carbocycles. The van der Waals surface area contributed by atoms with E-state index in [1.807, 2.05) is 0 Å². The van der Waals surface area contributed by atoms with E-state index in [1.54, 1.807) is 6.92 Å². The summed E-state index contributed by atoms with van der Waals surface area (Å²) in [5, 5.41) is 8.48. The van der Waals surface area contributed by atoms with E-state index in [0.29, 0.717) is 25.5 Å². The van der Waals surface area contributed by atoms with Crippen LogP contribution in [0.25, 0.3) is 0 Å². The molecule has 2 saturated heterocycles. The molecule has 0 spiro atoms. The molecule has 0 aromatic carbocycles. The Labute approximate surface area is 243 Å². The van der Waals surface area contributed by atoms with Gasteiger partial charge in [0.15, 0.2) is 0 Å². The number of hydrogen-bond acceptors (Lipinski definition) is 4. The van der Waals surface area contributed by atoms with Crippen molar-refractivity contribution in [2.75, 3.05) is 40.3 Å². The molecular formula is C21H40I5N2O3-. The Morgan fingerprint density at radius 2 is 1.16 bits per heavy atom. The van der Waals surface area contributed by atoms with Crippen molar-refractivity contribution in [1.29, 1.82) is 0 Å². The molecule has 5 nitrogen and oxygen atoms in total. The fourth-order valence-electron chi connectivity index (χ4n) is 3.88. The maximum absolute atomic E-state index is 10.7. The summed E-state index contributed by atoms with van der Waals surface area (Å²) in [6, 6.07) is 0. The van der Waals surface area contributed by atoms with Crippen molar-refractivity contribution in [2.24, 2.45) is 11.8 Å². The van der Waals surface area contributed by atoms with E-state index in [1.165, 1.54) is 58.3 Å². The molecule has 0 amide bonds. The second kappa shape index (κ2) is 25.8. The van der Waals surface area contributed by atoms with E-state index < -0.39 is 5.97 Å². The van der Waals surface area contributed by atoms with Gasteiger partial charge in [0.1, 0.15) is 5.78 Å². The molecule has 10 heteroatoms. The minimum atomic E-state index is -0.659. The molecule has 2 aliphatic heterocycles. The van der Waals surface area contributed by atoms with Crippen LogP contribution < -0.4 is 13.3 Å². The van der Waals surface area contributed by atoms with Crippen LogP contribution in [0.5, 0.6) is 0 Å². The van der Waals surface area contributed by atoms with Gasteiger partial charge in [-0.15, -0.1) is 0 Å². The molecule has 0 atom stereocenters. The number of hydrogen-bond donors (Lipinski definition) is 1. The summed E-state index contributed by atoms with van der Waals surface area (Å²) in [5.41, 5.74) is 0. The van der Waals surface area contributed by atoms with Gasteiger partial charge < -0.3 is 19.7 Å². The Morgan fingerprint density at radius 1 is 0.839 bits per heavy atom. The topological polar surface area (TPSA) is 60.9 Å². The van der Waals surface area contributed by atoms with E-state index in [2.05, 4.69) is 98.4 Å². The summed E-state index contributed by atoms with van der Waals surface area (Å²) in [4.78, 5) is 25.7. The van der Waals surface area contributed by atoms with Gasteiger partial charge in [0.05, 0.1) is 0 Å². The molecule has 2 rings (SSSR count). The third-order valence-electron chi connectivity index (χ3n) is 5.82. The first-order valence-electron chi connectivity index (χ1n) is 10.9. The van der Waals surface area contributed by atoms with E-state index >= 15 is 0 Å². The van der Waals surface area contributed by atoms with Gasteiger partial charge in [-0.25, -0.2) is 0 Å². The van der Waals surface area contributed by atoms with Gasteiger partial charge in [-0.1, -0.05) is 0 Å². The van der Waals surface area contributed by atoms with Gasteiger partial charge in [-0.3, -0.25) is 4.79 Å². The Kier molecular flexibility index (Phi) is 29.8. The third-order valence-corrected chi connectivity index (χ3v) is 5.82. The minimum absolute atomic E-state index is 0.340. The van der Waals surface area contributed by atoms with Gasteiger partial charge in [0.25, 0.3) is 0 Å². The van der Waals surface area contributed by atoms with Crippen LogP contribution >= 0.6 is 74.5 Å². The maximum atomic E-state index is 10.7. The molecule has 2 heterocycles. The van der Waals surface area contributed by atoms with Gasteiger partial charge >= 0.3 is 56.5 Å². The van der Waals surface area contributed by atoms with Crippen LogP contribution in [-0.2, 0) is 9.59 Å². The number of piperidine rings is 2. The number of carboxylic acids is 1. The van der Waals surface area contributed by atoms with Crippen LogP contribution in [0.1, 0.15) is 71.1 Å².